The minimum absolute atomic E-state index is 0.213. The Bertz CT molecular complexity index is 762. The van der Waals surface area contributed by atoms with Gasteiger partial charge in [-0.15, -0.1) is 0 Å². The molecule has 1 unspecified atom stereocenters. The first kappa shape index (κ1) is 11.2. The van der Waals surface area contributed by atoms with Gasteiger partial charge in [0.2, 0.25) is 11.7 Å². The molecular weight excluding hydrogens is 252 g/mol. The summed E-state index contributed by atoms with van der Waals surface area (Å²) in [5.74, 6) is 1.66. The van der Waals surface area contributed by atoms with E-state index in [1.807, 2.05) is 12.1 Å². The van der Waals surface area contributed by atoms with Gasteiger partial charge in [-0.25, -0.2) is 0 Å². The Kier molecular flexibility index (Phi) is 2.36. The molecule has 0 saturated carbocycles. The molecule has 0 spiro atoms. The number of phenols is 1. The maximum Gasteiger partial charge on any atom is 0.234 e. The SMILES string of the molecule is Oc1ccc(-c2noc(C3Cc4ccccc43)n2)cc1. The van der Waals surface area contributed by atoms with E-state index in [2.05, 4.69) is 22.3 Å². The maximum atomic E-state index is 9.29. The van der Waals surface area contributed by atoms with E-state index in [4.69, 9.17) is 4.52 Å². The summed E-state index contributed by atoms with van der Waals surface area (Å²) in [7, 11) is 0. The molecule has 4 heteroatoms. The molecule has 0 aliphatic heterocycles. The number of hydrogen-bond donors (Lipinski definition) is 1. The number of aromatic hydroxyl groups is 1. The van der Waals surface area contributed by atoms with Crippen molar-refractivity contribution in [1.29, 1.82) is 0 Å². The van der Waals surface area contributed by atoms with Gasteiger partial charge < -0.3 is 9.63 Å². The number of hydrogen-bond acceptors (Lipinski definition) is 4. The van der Waals surface area contributed by atoms with Crippen molar-refractivity contribution in [2.45, 2.75) is 12.3 Å². The van der Waals surface area contributed by atoms with E-state index in [9.17, 15) is 5.11 Å². The number of nitrogens with zero attached hydrogens (tertiary/aromatic N) is 2. The van der Waals surface area contributed by atoms with Crippen molar-refractivity contribution in [3.63, 3.8) is 0 Å². The zero-order valence-electron chi connectivity index (χ0n) is 10.7. The van der Waals surface area contributed by atoms with Gasteiger partial charge in [0.15, 0.2) is 0 Å². The van der Waals surface area contributed by atoms with Gasteiger partial charge in [-0.3, -0.25) is 0 Å². The number of benzene rings is 2. The maximum absolute atomic E-state index is 9.29. The molecule has 1 aromatic heterocycles. The van der Waals surface area contributed by atoms with Crippen molar-refractivity contribution in [3.8, 4) is 17.1 Å². The molecule has 4 nitrogen and oxygen atoms in total. The lowest BCUT2D eigenvalue weighted by molar-refractivity contribution is 0.356. The molecule has 1 N–H and O–H groups in total. The Morgan fingerprint density at radius 2 is 1.85 bits per heavy atom. The Morgan fingerprint density at radius 3 is 2.65 bits per heavy atom. The Balaban J connectivity index is 1.65. The molecule has 0 amide bonds. The predicted octanol–water partition coefficient (Wildman–Crippen LogP) is 3.13. The summed E-state index contributed by atoms with van der Waals surface area (Å²) in [5.41, 5.74) is 3.46. The van der Waals surface area contributed by atoms with Crippen LogP contribution in [0.4, 0.5) is 0 Å². The van der Waals surface area contributed by atoms with Gasteiger partial charge in [0.05, 0.1) is 5.92 Å². The monoisotopic (exact) mass is 264 g/mol. The molecule has 3 aromatic rings. The molecule has 1 aliphatic carbocycles. The average Bonchev–Trinajstić information content (AvgIpc) is 2.90. The van der Waals surface area contributed by atoms with E-state index in [0.717, 1.165) is 12.0 Å². The topological polar surface area (TPSA) is 59.2 Å². The quantitative estimate of drug-likeness (QED) is 0.772. The molecule has 2 aromatic carbocycles. The summed E-state index contributed by atoms with van der Waals surface area (Å²) in [6, 6.07) is 15.1. The highest BCUT2D eigenvalue weighted by atomic mass is 16.5. The third-order valence-electron chi connectivity index (χ3n) is 3.72. The van der Waals surface area contributed by atoms with E-state index in [1.165, 1.54) is 11.1 Å². The summed E-state index contributed by atoms with van der Waals surface area (Å²) in [5, 5.41) is 13.3. The second-order valence-corrected chi connectivity index (χ2v) is 4.96. The van der Waals surface area contributed by atoms with Crippen molar-refractivity contribution in [1.82, 2.24) is 10.1 Å². The van der Waals surface area contributed by atoms with E-state index in [1.54, 1.807) is 24.3 Å². The van der Waals surface area contributed by atoms with Gasteiger partial charge in [-0.2, -0.15) is 4.98 Å². The zero-order valence-corrected chi connectivity index (χ0v) is 10.7. The third-order valence-corrected chi connectivity index (χ3v) is 3.72. The van der Waals surface area contributed by atoms with Gasteiger partial charge in [0.1, 0.15) is 5.75 Å². The first-order valence-electron chi connectivity index (χ1n) is 6.52. The van der Waals surface area contributed by atoms with Crippen molar-refractivity contribution in [2.24, 2.45) is 0 Å². The number of rotatable bonds is 2. The molecule has 0 radical (unpaired) electrons. The van der Waals surface area contributed by atoms with Gasteiger partial charge in [0.25, 0.3) is 0 Å². The Hall–Kier alpha value is -2.62. The number of aromatic nitrogens is 2. The van der Waals surface area contributed by atoms with Gasteiger partial charge >= 0.3 is 0 Å². The highest BCUT2D eigenvalue weighted by Crippen LogP contribution is 2.39. The third kappa shape index (κ3) is 1.69. The summed E-state index contributed by atoms with van der Waals surface area (Å²) in [6.45, 7) is 0. The standard InChI is InChI=1S/C16H12N2O2/c19-12-7-5-10(6-8-12)15-17-16(20-18-15)14-9-11-3-1-2-4-13(11)14/h1-8,14,19H,9H2. The normalized spacial score (nSPS) is 16.5. The molecule has 1 atom stereocenters. The van der Waals surface area contributed by atoms with E-state index < -0.39 is 0 Å². The fraction of sp³-hybridized carbons (Fsp3) is 0.125. The van der Waals surface area contributed by atoms with Crippen LogP contribution in [0, 0.1) is 0 Å². The average molecular weight is 264 g/mol. The predicted molar refractivity (Wildman–Crippen MR) is 73.4 cm³/mol. The lowest BCUT2D eigenvalue weighted by Crippen LogP contribution is -2.18. The first-order valence-corrected chi connectivity index (χ1v) is 6.52. The molecule has 0 bridgehead atoms. The fourth-order valence-electron chi connectivity index (χ4n) is 2.58. The van der Waals surface area contributed by atoms with Crippen LogP contribution in [0.25, 0.3) is 11.4 Å². The van der Waals surface area contributed by atoms with E-state index in [-0.39, 0.29) is 11.7 Å². The Labute approximate surface area is 115 Å². The summed E-state index contributed by atoms with van der Waals surface area (Å²) in [6.07, 6.45) is 0.952. The Morgan fingerprint density at radius 1 is 1.05 bits per heavy atom. The first-order chi connectivity index (χ1) is 9.81. The minimum atomic E-state index is 0.213. The zero-order chi connectivity index (χ0) is 13.5. The second kappa shape index (κ2) is 4.20. The molecule has 0 fully saturated rings. The van der Waals surface area contributed by atoms with Gasteiger partial charge in [-0.1, -0.05) is 29.4 Å². The van der Waals surface area contributed by atoms with Crippen molar-refractivity contribution < 1.29 is 9.63 Å². The highest BCUT2D eigenvalue weighted by molar-refractivity contribution is 5.56. The van der Waals surface area contributed by atoms with Crippen molar-refractivity contribution in [3.05, 3.63) is 65.5 Å². The lowest BCUT2D eigenvalue weighted by Gasteiger charge is -2.26. The lowest BCUT2D eigenvalue weighted by atomic mass is 9.77. The smallest absolute Gasteiger partial charge is 0.234 e. The van der Waals surface area contributed by atoms with Crippen LogP contribution >= 0.6 is 0 Å². The van der Waals surface area contributed by atoms with Crippen LogP contribution < -0.4 is 0 Å². The molecule has 98 valence electrons. The minimum Gasteiger partial charge on any atom is -0.508 e. The van der Waals surface area contributed by atoms with Crippen LogP contribution in [-0.2, 0) is 6.42 Å². The van der Waals surface area contributed by atoms with Crippen LogP contribution in [-0.4, -0.2) is 15.2 Å². The second-order valence-electron chi connectivity index (χ2n) is 4.96. The van der Waals surface area contributed by atoms with Crippen LogP contribution in [0.2, 0.25) is 0 Å². The van der Waals surface area contributed by atoms with Crippen LogP contribution in [0.3, 0.4) is 0 Å². The molecule has 1 heterocycles. The molecule has 1 aliphatic rings. The van der Waals surface area contributed by atoms with E-state index in [0.29, 0.717) is 11.7 Å². The van der Waals surface area contributed by atoms with Crippen LogP contribution in [0.1, 0.15) is 22.9 Å². The summed E-state index contributed by atoms with van der Waals surface area (Å²) < 4.78 is 5.39. The summed E-state index contributed by atoms with van der Waals surface area (Å²) in [4.78, 5) is 4.47. The number of phenolic OH excluding ortho intramolecular Hbond substituents is 1. The van der Waals surface area contributed by atoms with Gasteiger partial charge in [0, 0.05) is 5.56 Å². The molecular formula is C16H12N2O2. The summed E-state index contributed by atoms with van der Waals surface area (Å²) >= 11 is 0. The van der Waals surface area contributed by atoms with Crippen molar-refractivity contribution in [2.75, 3.05) is 0 Å². The van der Waals surface area contributed by atoms with Gasteiger partial charge in [-0.05, 0) is 41.8 Å². The van der Waals surface area contributed by atoms with Crippen molar-refractivity contribution >= 4 is 0 Å². The number of fused-ring (bicyclic) bond motifs is 1. The molecule has 4 rings (SSSR count). The largest absolute Gasteiger partial charge is 0.508 e. The molecule has 20 heavy (non-hydrogen) atoms. The van der Waals surface area contributed by atoms with Crippen LogP contribution in [0.5, 0.6) is 5.75 Å². The van der Waals surface area contributed by atoms with E-state index >= 15 is 0 Å². The fourth-order valence-corrected chi connectivity index (χ4v) is 2.58. The highest BCUT2D eigenvalue weighted by Gasteiger charge is 2.31. The van der Waals surface area contributed by atoms with Crippen LogP contribution in [0.15, 0.2) is 53.1 Å². The molecule has 0 saturated heterocycles.